The number of rotatable bonds is 1. The van der Waals surface area contributed by atoms with Gasteiger partial charge in [0.2, 0.25) is 0 Å². The van der Waals surface area contributed by atoms with Gasteiger partial charge in [-0.25, -0.2) is 0 Å². The first-order valence-corrected chi connectivity index (χ1v) is 7.18. The first-order chi connectivity index (χ1) is 10.8. The number of cyclic esters (lactones) is 2. The topological polar surface area (TPSA) is 105 Å². The van der Waals surface area contributed by atoms with E-state index >= 15 is 0 Å². The third-order valence-electron chi connectivity index (χ3n) is 4.49. The van der Waals surface area contributed by atoms with Crippen molar-refractivity contribution >= 4 is 17.6 Å². The van der Waals surface area contributed by atoms with Gasteiger partial charge in [0.15, 0.2) is 5.79 Å². The standard InChI is InChI=1S/C15H13NO7/c1-15(2)22-11-8-5-6(16(19)20)3-4-7(8)9-10(12(11)23-15)14(18)21-13(9)17/h3-5,9-12H,1-2H3/t9-,10-,11-,12+/m1/s1. The molecule has 0 N–H and O–H groups in total. The molecule has 4 rings (SSSR count). The predicted octanol–water partition coefficient (Wildman–Crippen LogP) is 1.58. The number of carbonyl (C=O) groups excluding carboxylic acids is 2. The highest BCUT2D eigenvalue weighted by molar-refractivity contribution is 6.00. The monoisotopic (exact) mass is 319 g/mol. The fraction of sp³-hybridized carbons (Fsp3) is 0.467. The van der Waals surface area contributed by atoms with Crippen LogP contribution in [0.25, 0.3) is 0 Å². The van der Waals surface area contributed by atoms with Crippen molar-refractivity contribution in [1.82, 2.24) is 0 Å². The van der Waals surface area contributed by atoms with Crippen LogP contribution in [0.3, 0.4) is 0 Å². The van der Waals surface area contributed by atoms with Crippen molar-refractivity contribution < 1.29 is 28.7 Å². The molecular formula is C15H13NO7. The number of hydrogen-bond acceptors (Lipinski definition) is 7. The van der Waals surface area contributed by atoms with E-state index in [1.54, 1.807) is 13.8 Å². The highest BCUT2D eigenvalue weighted by Crippen LogP contribution is 2.54. The molecule has 2 heterocycles. The molecule has 2 aliphatic heterocycles. The fourth-order valence-corrected chi connectivity index (χ4v) is 3.66. The minimum Gasteiger partial charge on any atom is -0.392 e. The molecule has 0 unspecified atom stereocenters. The number of fused-ring (bicyclic) bond motifs is 6. The van der Waals surface area contributed by atoms with E-state index in [1.807, 2.05) is 0 Å². The number of carbonyl (C=O) groups is 2. The van der Waals surface area contributed by atoms with Crippen LogP contribution < -0.4 is 0 Å². The minimum absolute atomic E-state index is 0.105. The number of nitro groups is 1. The maximum Gasteiger partial charge on any atom is 0.322 e. The molecule has 8 nitrogen and oxygen atoms in total. The lowest BCUT2D eigenvalue weighted by atomic mass is 9.73. The second-order valence-electron chi connectivity index (χ2n) is 6.33. The maximum absolute atomic E-state index is 12.1. The Labute approximate surface area is 130 Å². The summed E-state index contributed by atoms with van der Waals surface area (Å²) in [6, 6.07) is 4.19. The molecule has 23 heavy (non-hydrogen) atoms. The van der Waals surface area contributed by atoms with Gasteiger partial charge in [-0.15, -0.1) is 0 Å². The highest BCUT2D eigenvalue weighted by atomic mass is 16.8. The van der Waals surface area contributed by atoms with Gasteiger partial charge in [-0.05, 0) is 25.0 Å². The average Bonchev–Trinajstić information content (AvgIpc) is 2.94. The summed E-state index contributed by atoms with van der Waals surface area (Å²) < 4.78 is 16.4. The summed E-state index contributed by atoms with van der Waals surface area (Å²) in [4.78, 5) is 34.7. The summed E-state index contributed by atoms with van der Waals surface area (Å²) >= 11 is 0. The number of nitrogens with zero attached hydrogens (tertiary/aromatic N) is 1. The molecule has 0 saturated carbocycles. The molecule has 1 aromatic carbocycles. The van der Waals surface area contributed by atoms with Crippen LogP contribution in [0.5, 0.6) is 0 Å². The molecule has 1 aliphatic carbocycles. The smallest absolute Gasteiger partial charge is 0.322 e. The number of esters is 2. The normalized spacial score (nSPS) is 33.7. The Morgan fingerprint density at radius 3 is 2.57 bits per heavy atom. The lowest BCUT2D eigenvalue weighted by Crippen LogP contribution is -2.38. The molecule has 3 aliphatic rings. The van der Waals surface area contributed by atoms with Gasteiger partial charge in [-0.1, -0.05) is 6.07 Å². The highest BCUT2D eigenvalue weighted by Gasteiger charge is 2.61. The largest absolute Gasteiger partial charge is 0.392 e. The molecule has 0 bridgehead atoms. The summed E-state index contributed by atoms with van der Waals surface area (Å²) in [7, 11) is 0. The molecule has 0 spiro atoms. The minimum atomic E-state index is -0.960. The third-order valence-corrected chi connectivity index (χ3v) is 4.49. The van der Waals surface area contributed by atoms with Gasteiger partial charge < -0.3 is 14.2 Å². The fourth-order valence-electron chi connectivity index (χ4n) is 3.66. The van der Waals surface area contributed by atoms with Crippen LogP contribution in [0.2, 0.25) is 0 Å². The quantitative estimate of drug-likeness (QED) is 0.335. The lowest BCUT2D eigenvalue weighted by Gasteiger charge is -2.31. The van der Waals surface area contributed by atoms with E-state index in [2.05, 4.69) is 0 Å². The first-order valence-electron chi connectivity index (χ1n) is 7.18. The number of non-ortho nitro benzene ring substituents is 1. The van der Waals surface area contributed by atoms with Crippen molar-refractivity contribution in [1.29, 1.82) is 0 Å². The van der Waals surface area contributed by atoms with Gasteiger partial charge in [-0.2, -0.15) is 0 Å². The van der Waals surface area contributed by atoms with E-state index < -0.39 is 46.7 Å². The second-order valence-corrected chi connectivity index (χ2v) is 6.33. The van der Waals surface area contributed by atoms with E-state index in [4.69, 9.17) is 14.2 Å². The van der Waals surface area contributed by atoms with E-state index in [0.717, 1.165) is 0 Å². The van der Waals surface area contributed by atoms with Crippen molar-refractivity contribution in [2.24, 2.45) is 5.92 Å². The van der Waals surface area contributed by atoms with Gasteiger partial charge in [-0.3, -0.25) is 19.7 Å². The Hall–Kier alpha value is -2.32. The number of hydrogen-bond donors (Lipinski definition) is 0. The predicted molar refractivity (Wildman–Crippen MR) is 73.2 cm³/mol. The SMILES string of the molecule is CC1(C)O[C@H]2[C@@H]3C(=O)OC(=O)[C@@H]3c3ccc([N+](=O)[O-])cc3[C@H]2O1. The van der Waals surface area contributed by atoms with Crippen LogP contribution in [0, 0.1) is 16.0 Å². The zero-order chi connectivity index (χ0) is 16.5. The van der Waals surface area contributed by atoms with Gasteiger partial charge in [0.25, 0.3) is 5.69 Å². The molecule has 2 fully saturated rings. The van der Waals surface area contributed by atoms with Crippen LogP contribution in [0.1, 0.15) is 37.0 Å². The van der Waals surface area contributed by atoms with Crippen LogP contribution in [0.4, 0.5) is 5.69 Å². The second kappa shape index (κ2) is 4.36. The molecule has 0 radical (unpaired) electrons. The molecule has 2 saturated heterocycles. The van der Waals surface area contributed by atoms with Crippen molar-refractivity contribution in [3.63, 3.8) is 0 Å². The lowest BCUT2D eigenvalue weighted by molar-refractivity contribution is -0.385. The number of ether oxygens (including phenoxy) is 3. The van der Waals surface area contributed by atoms with Gasteiger partial charge in [0.05, 0.1) is 10.8 Å². The first kappa shape index (κ1) is 14.3. The van der Waals surface area contributed by atoms with E-state index in [1.165, 1.54) is 18.2 Å². The third kappa shape index (κ3) is 1.91. The Kier molecular flexibility index (Phi) is 2.71. The Morgan fingerprint density at radius 2 is 1.87 bits per heavy atom. The molecule has 120 valence electrons. The van der Waals surface area contributed by atoms with Crippen LogP contribution in [0.15, 0.2) is 18.2 Å². The van der Waals surface area contributed by atoms with Gasteiger partial charge in [0.1, 0.15) is 18.1 Å². The zero-order valence-corrected chi connectivity index (χ0v) is 12.3. The van der Waals surface area contributed by atoms with Gasteiger partial charge in [0, 0.05) is 12.1 Å². The Morgan fingerprint density at radius 1 is 1.13 bits per heavy atom. The van der Waals surface area contributed by atoms with Crippen molar-refractivity contribution in [3.05, 3.63) is 39.4 Å². The molecule has 4 atom stereocenters. The van der Waals surface area contributed by atoms with E-state index in [9.17, 15) is 19.7 Å². The molecule has 1 aromatic rings. The molecular weight excluding hydrogens is 306 g/mol. The Balaban J connectivity index is 1.92. The number of nitro benzene ring substituents is 1. The van der Waals surface area contributed by atoms with Crippen LogP contribution >= 0.6 is 0 Å². The van der Waals surface area contributed by atoms with Crippen LogP contribution in [-0.2, 0) is 23.8 Å². The van der Waals surface area contributed by atoms with Crippen molar-refractivity contribution in [3.8, 4) is 0 Å². The van der Waals surface area contributed by atoms with E-state index in [0.29, 0.717) is 11.1 Å². The number of benzene rings is 1. The molecule has 8 heteroatoms. The summed E-state index contributed by atoms with van der Waals surface area (Å²) in [6.07, 6.45) is -1.36. The van der Waals surface area contributed by atoms with Crippen molar-refractivity contribution in [2.45, 2.75) is 37.8 Å². The Bertz CT molecular complexity index is 756. The molecule has 0 aromatic heterocycles. The van der Waals surface area contributed by atoms with Crippen molar-refractivity contribution in [2.75, 3.05) is 0 Å². The average molecular weight is 319 g/mol. The summed E-state index contributed by atoms with van der Waals surface area (Å²) in [5.74, 6) is -3.85. The summed E-state index contributed by atoms with van der Waals surface area (Å²) in [5.41, 5.74) is 0.925. The van der Waals surface area contributed by atoms with E-state index in [-0.39, 0.29) is 5.69 Å². The summed E-state index contributed by atoms with van der Waals surface area (Å²) in [6.45, 7) is 3.39. The van der Waals surface area contributed by atoms with Gasteiger partial charge >= 0.3 is 11.9 Å². The molecule has 0 amide bonds. The maximum atomic E-state index is 12.1. The van der Waals surface area contributed by atoms with Crippen LogP contribution in [-0.4, -0.2) is 28.8 Å². The zero-order valence-electron chi connectivity index (χ0n) is 12.3. The summed E-state index contributed by atoms with van der Waals surface area (Å²) in [5, 5.41) is 11.0.